The number of benzene rings is 1. The van der Waals surface area contributed by atoms with Crippen molar-refractivity contribution in [1.29, 1.82) is 0 Å². The van der Waals surface area contributed by atoms with Crippen molar-refractivity contribution in [3.63, 3.8) is 0 Å². The topological polar surface area (TPSA) is 66.7 Å². The summed E-state index contributed by atoms with van der Waals surface area (Å²) in [5.41, 5.74) is 1.90. The quantitative estimate of drug-likeness (QED) is 0.806. The zero-order valence-corrected chi connectivity index (χ0v) is 15.6. The summed E-state index contributed by atoms with van der Waals surface area (Å²) in [5, 5.41) is 3.74. The van der Waals surface area contributed by atoms with E-state index in [1.165, 1.54) is 10.4 Å². The fraction of sp³-hybridized carbons (Fsp3) is 0.438. The Bertz CT molecular complexity index is 857. The summed E-state index contributed by atoms with van der Waals surface area (Å²) in [5.74, 6) is 0.151. The molecule has 3 rings (SSSR count). The van der Waals surface area contributed by atoms with Gasteiger partial charge in [0.1, 0.15) is 11.6 Å². The van der Waals surface area contributed by atoms with Gasteiger partial charge in [-0.15, -0.1) is 0 Å². The highest BCUT2D eigenvalue weighted by atomic mass is 35.5. The van der Waals surface area contributed by atoms with Crippen LogP contribution in [0.15, 0.2) is 27.6 Å². The van der Waals surface area contributed by atoms with Crippen molar-refractivity contribution in [2.24, 2.45) is 0 Å². The minimum atomic E-state index is -3.68. The summed E-state index contributed by atoms with van der Waals surface area (Å²) in [6.45, 7) is 6.36. The van der Waals surface area contributed by atoms with Crippen LogP contribution in [0, 0.1) is 19.7 Å². The van der Waals surface area contributed by atoms with E-state index >= 15 is 0 Å². The molecule has 0 spiro atoms. The van der Waals surface area contributed by atoms with Crippen molar-refractivity contribution in [1.82, 2.24) is 14.4 Å². The zero-order valence-electron chi connectivity index (χ0n) is 14.0. The Kier molecular flexibility index (Phi) is 5.15. The third-order valence-electron chi connectivity index (χ3n) is 4.42. The fourth-order valence-electron chi connectivity index (χ4n) is 2.87. The Morgan fingerprint density at radius 3 is 2.48 bits per heavy atom. The monoisotopic (exact) mass is 387 g/mol. The van der Waals surface area contributed by atoms with E-state index in [4.69, 9.17) is 16.1 Å². The Balaban J connectivity index is 1.68. The van der Waals surface area contributed by atoms with Crippen LogP contribution in [0.25, 0.3) is 0 Å². The summed E-state index contributed by atoms with van der Waals surface area (Å²) >= 11 is 5.71. The van der Waals surface area contributed by atoms with Crippen LogP contribution in [0.5, 0.6) is 0 Å². The number of piperazine rings is 1. The van der Waals surface area contributed by atoms with Gasteiger partial charge in [0.05, 0.1) is 15.6 Å². The molecular weight excluding hydrogens is 369 g/mol. The minimum Gasteiger partial charge on any atom is -0.361 e. The van der Waals surface area contributed by atoms with E-state index in [9.17, 15) is 12.8 Å². The lowest BCUT2D eigenvalue weighted by molar-refractivity contribution is 0.180. The molecule has 1 aromatic carbocycles. The molecule has 0 amide bonds. The van der Waals surface area contributed by atoms with Crippen LogP contribution in [0.2, 0.25) is 5.02 Å². The molecule has 0 radical (unpaired) electrons. The van der Waals surface area contributed by atoms with Crippen molar-refractivity contribution in [3.8, 4) is 0 Å². The highest BCUT2D eigenvalue weighted by Gasteiger charge is 2.29. The van der Waals surface area contributed by atoms with Crippen molar-refractivity contribution >= 4 is 21.6 Å². The molecule has 136 valence electrons. The summed E-state index contributed by atoms with van der Waals surface area (Å²) in [7, 11) is -3.68. The second kappa shape index (κ2) is 7.03. The summed E-state index contributed by atoms with van der Waals surface area (Å²) in [6, 6.07) is 3.47. The molecule has 25 heavy (non-hydrogen) atoms. The van der Waals surface area contributed by atoms with E-state index in [-0.39, 0.29) is 9.92 Å². The van der Waals surface area contributed by atoms with Crippen LogP contribution in [0.3, 0.4) is 0 Å². The van der Waals surface area contributed by atoms with E-state index in [1.54, 1.807) is 0 Å². The summed E-state index contributed by atoms with van der Waals surface area (Å²) in [4.78, 5) is 2.17. The number of sulfonamides is 1. The number of aromatic nitrogens is 1. The van der Waals surface area contributed by atoms with E-state index in [0.717, 1.165) is 29.2 Å². The number of aryl methyl sites for hydroxylation is 2. The van der Waals surface area contributed by atoms with Gasteiger partial charge in [-0.3, -0.25) is 4.90 Å². The van der Waals surface area contributed by atoms with Gasteiger partial charge in [0, 0.05) is 38.3 Å². The molecule has 1 saturated heterocycles. The number of hydrogen-bond acceptors (Lipinski definition) is 5. The molecule has 0 N–H and O–H groups in total. The first-order valence-corrected chi connectivity index (χ1v) is 9.70. The predicted molar refractivity (Wildman–Crippen MR) is 91.4 cm³/mol. The molecule has 9 heteroatoms. The van der Waals surface area contributed by atoms with Gasteiger partial charge in [0.25, 0.3) is 0 Å². The maximum absolute atomic E-state index is 13.3. The normalized spacial score (nSPS) is 17.1. The van der Waals surface area contributed by atoms with Crippen LogP contribution in [0.4, 0.5) is 4.39 Å². The van der Waals surface area contributed by atoms with Crippen molar-refractivity contribution in [2.45, 2.75) is 25.3 Å². The molecule has 1 aromatic heterocycles. The molecule has 0 bridgehead atoms. The maximum atomic E-state index is 13.3. The molecule has 2 heterocycles. The first-order chi connectivity index (χ1) is 11.8. The smallest absolute Gasteiger partial charge is 0.243 e. The van der Waals surface area contributed by atoms with Gasteiger partial charge in [-0.25, -0.2) is 12.8 Å². The molecule has 6 nitrogen and oxygen atoms in total. The third kappa shape index (κ3) is 3.72. The average Bonchev–Trinajstić information content (AvgIpc) is 2.89. The number of nitrogens with zero attached hydrogens (tertiary/aromatic N) is 3. The SMILES string of the molecule is Cc1noc(C)c1CN1CCN(S(=O)(=O)c2ccc(F)c(Cl)c2)CC1. The Morgan fingerprint density at radius 1 is 1.24 bits per heavy atom. The number of rotatable bonds is 4. The highest BCUT2D eigenvalue weighted by molar-refractivity contribution is 7.89. The van der Waals surface area contributed by atoms with Crippen molar-refractivity contribution in [2.75, 3.05) is 26.2 Å². The Morgan fingerprint density at radius 2 is 1.92 bits per heavy atom. The lowest BCUT2D eigenvalue weighted by Gasteiger charge is -2.33. The van der Waals surface area contributed by atoms with Gasteiger partial charge in [0.2, 0.25) is 10.0 Å². The number of hydrogen-bond donors (Lipinski definition) is 0. The average molecular weight is 388 g/mol. The van der Waals surface area contributed by atoms with Crippen LogP contribution in [-0.4, -0.2) is 49.0 Å². The molecule has 1 aliphatic heterocycles. The Labute approximate surface area is 151 Å². The van der Waals surface area contributed by atoms with Gasteiger partial charge in [-0.2, -0.15) is 4.31 Å². The van der Waals surface area contributed by atoms with Gasteiger partial charge in [-0.1, -0.05) is 16.8 Å². The number of halogens is 2. The standard InChI is InChI=1S/C16H19ClFN3O3S/c1-11-14(12(2)24-19-11)10-20-5-7-21(8-6-20)25(22,23)13-3-4-16(18)15(17)9-13/h3-4,9H,5-8,10H2,1-2H3. The van der Waals surface area contributed by atoms with Gasteiger partial charge in [0.15, 0.2) is 0 Å². The maximum Gasteiger partial charge on any atom is 0.243 e. The minimum absolute atomic E-state index is 0.0121. The van der Waals surface area contributed by atoms with Crippen LogP contribution >= 0.6 is 11.6 Å². The summed E-state index contributed by atoms with van der Waals surface area (Å²) < 4.78 is 45.2. The van der Waals surface area contributed by atoms with Gasteiger partial charge < -0.3 is 4.52 Å². The highest BCUT2D eigenvalue weighted by Crippen LogP contribution is 2.24. The second-order valence-electron chi connectivity index (χ2n) is 6.06. The largest absolute Gasteiger partial charge is 0.361 e. The Hall–Kier alpha value is -1.48. The molecule has 0 aliphatic carbocycles. The van der Waals surface area contributed by atoms with E-state index in [0.29, 0.717) is 32.7 Å². The lowest BCUT2D eigenvalue weighted by atomic mass is 10.2. The molecule has 0 unspecified atom stereocenters. The van der Waals surface area contributed by atoms with Crippen LogP contribution in [-0.2, 0) is 16.6 Å². The summed E-state index contributed by atoms with van der Waals surface area (Å²) in [6.07, 6.45) is 0. The molecule has 0 saturated carbocycles. The van der Waals surface area contributed by atoms with Crippen molar-refractivity contribution in [3.05, 3.63) is 46.1 Å². The fourth-order valence-corrected chi connectivity index (χ4v) is 4.56. The first kappa shape index (κ1) is 18.3. The van der Waals surface area contributed by atoms with Gasteiger partial charge >= 0.3 is 0 Å². The predicted octanol–water partition coefficient (Wildman–Crippen LogP) is 2.59. The zero-order chi connectivity index (χ0) is 18.2. The van der Waals surface area contributed by atoms with Crippen LogP contribution < -0.4 is 0 Å². The molecule has 2 aromatic rings. The second-order valence-corrected chi connectivity index (χ2v) is 8.40. The van der Waals surface area contributed by atoms with Crippen LogP contribution in [0.1, 0.15) is 17.0 Å². The molecular formula is C16H19ClFN3O3S. The van der Waals surface area contributed by atoms with Gasteiger partial charge in [-0.05, 0) is 32.0 Å². The van der Waals surface area contributed by atoms with E-state index in [2.05, 4.69) is 10.1 Å². The van der Waals surface area contributed by atoms with Crippen molar-refractivity contribution < 1.29 is 17.3 Å². The molecule has 0 atom stereocenters. The molecule has 1 fully saturated rings. The third-order valence-corrected chi connectivity index (χ3v) is 6.61. The van der Waals surface area contributed by atoms with E-state index in [1.807, 2.05) is 13.8 Å². The molecule has 1 aliphatic rings. The first-order valence-electron chi connectivity index (χ1n) is 7.88. The van der Waals surface area contributed by atoms with E-state index < -0.39 is 15.8 Å². The lowest BCUT2D eigenvalue weighted by Crippen LogP contribution is -2.48.